The molecule has 0 unspecified atom stereocenters. The minimum absolute atomic E-state index is 0.0972. The van der Waals surface area contributed by atoms with E-state index in [1.807, 2.05) is 0 Å². The molecule has 0 spiro atoms. The highest BCUT2D eigenvalue weighted by Gasteiger charge is 2.15. The summed E-state index contributed by atoms with van der Waals surface area (Å²) in [4.78, 5) is 12.3. The Morgan fingerprint density at radius 1 is 1.06 bits per heavy atom. The number of rotatable bonds is 11. The van der Waals surface area contributed by atoms with Gasteiger partial charge in [0.2, 0.25) is 15.9 Å². The Bertz CT molecular complexity index is 1440. The number of nitrogens with one attached hydrogen (secondary N) is 2. The van der Waals surface area contributed by atoms with E-state index in [9.17, 15) is 17.6 Å². The summed E-state index contributed by atoms with van der Waals surface area (Å²) in [6.07, 6.45) is 0.260. The summed E-state index contributed by atoms with van der Waals surface area (Å²) in [6.45, 7) is 0.397. The maximum atomic E-state index is 13.0. The number of carbonyl (C=O) groups is 1. The molecule has 13 heteroatoms. The summed E-state index contributed by atoms with van der Waals surface area (Å²) in [5, 5.41) is 16.0. The van der Waals surface area contributed by atoms with E-state index in [1.54, 1.807) is 36.4 Å². The Hall–Kier alpha value is -3.55. The van der Waals surface area contributed by atoms with Crippen LogP contribution in [0.15, 0.2) is 70.6 Å². The predicted molar refractivity (Wildman–Crippen MR) is 132 cm³/mol. The molecule has 2 heterocycles. The van der Waals surface area contributed by atoms with Crippen LogP contribution in [0.5, 0.6) is 5.75 Å². The first kappa shape index (κ1) is 25.5. The molecule has 0 aliphatic carbocycles. The second-order valence-corrected chi connectivity index (χ2v) is 10.3. The zero-order valence-electron chi connectivity index (χ0n) is 19.2. The summed E-state index contributed by atoms with van der Waals surface area (Å²) < 4.78 is 47.1. The van der Waals surface area contributed by atoms with E-state index in [1.165, 1.54) is 47.7 Å². The number of amides is 1. The minimum atomic E-state index is -3.70. The highest BCUT2D eigenvalue weighted by atomic mass is 32.2. The Morgan fingerprint density at radius 2 is 1.81 bits per heavy atom. The number of hydrogen-bond acceptors (Lipinski definition) is 8. The summed E-state index contributed by atoms with van der Waals surface area (Å²) in [7, 11) is -2.19. The molecule has 0 aliphatic heterocycles. The molecule has 0 radical (unpaired) electrons. The van der Waals surface area contributed by atoms with Crippen LogP contribution in [-0.2, 0) is 27.8 Å². The topological polar surface area (TPSA) is 128 Å². The molecule has 0 saturated heterocycles. The lowest BCUT2D eigenvalue weighted by Crippen LogP contribution is -2.26. The van der Waals surface area contributed by atoms with Crippen LogP contribution >= 0.6 is 11.8 Å². The van der Waals surface area contributed by atoms with Crippen LogP contribution in [-0.4, -0.2) is 53.5 Å². The van der Waals surface area contributed by atoms with Crippen molar-refractivity contribution in [2.24, 2.45) is 0 Å². The van der Waals surface area contributed by atoms with Gasteiger partial charge in [-0.2, -0.15) is 9.61 Å². The minimum Gasteiger partial charge on any atom is -0.497 e. The summed E-state index contributed by atoms with van der Waals surface area (Å²) in [5.41, 5.74) is 1.30. The normalized spacial score (nSPS) is 11.5. The number of benzene rings is 2. The van der Waals surface area contributed by atoms with Gasteiger partial charge in [-0.25, -0.2) is 17.5 Å². The molecule has 2 aromatic carbocycles. The molecule has 0 saturated carbocycles. The average Bonchev–Trinajstić information content (AvgIpc) is 3.29. The Kier molecular flexibility index (Phi) is 8.13. The van der Waals surface area contributed by atoms with Gasteiger partial charge in [0, 0.05) is 19.5 Å². The van der Waals surface area contributed by atoms with E-state index in [-0.39, 0.29) is 35.3 Å². The zero-order valence-corrected chi connectivity index (χ0v) is 20.9. The van der Waals surface area contributed by atoms with Crippen LogP contribution in [0.1, 0.15) is 11.4 Å². The van der Waals surface area contributed by atoms with Gasteiger partial charge in [-0.05, 0) is 54.1 Å². The fourth-order valence-electron chi connectivity index (χ4n) is 3.18. The largest absolute Gasteiger partial charge is 0.497 e. The van der Waals surface area contributed by atoms with Crippen LogP contribution in [0.4, 0.5) is 4.39 Å². The van der Waals surface area contributed by atoms with Gasteiger partial charge >= 0.3 is 0 Å². The van der Waals surface area contributed by atoms with Crippen molar-refractivity contribution in [1.29, 1.82) is 0 Å². The molecular formula is C23H23FN6O4S2. The number of aromatic nitrogens is 4. The van der Waals surface area contributed by atoms with Gasteiger partial charge in [0.15, 0.2) is 11.5 Å². The highest BCUT2D eigenvalue weighted by Crippen LogP contribution is 2.17. The molecule has 4 aromatic rings. The number of methoxy groups -OCH3 is 1. The van der Waals surface area contributed by atoms with Gasteiger partial charge in [0.25, 0.3) is 0 Å². The number of hydrogen-bond donors (Lipinski definition) is 2. The Balaban J connectivity index is 1.31. The smallest absolute Gasteiger partial charge is 0.240 e. The van der Waals surface area contributed by atoms with Crippen molar-refractivity contribution >= 4 is 33.3 Å². The van der Waals surface area contributed by atoms with Crippen LogP contribution in [0.25, 0.3) is 5.65 Å². The number of nitrogens with zero attached hydrogens (tertiary/aromatic N) is 4. The Labute approximate surface area is 211 Å². The van der Waals surface area contributed by atoms with Gasteiger partial charge in [0.1, 0.15) is 16.6 Å². The van der Waals surface area contributed by atoms with Crippen molar-refractivity contribution < 1.29 is 22.3 Å². The Morgan fingerprint density at radius 3 is 2.53 bits per heavy atom. The molecule has 0 atom stereocenters. The summed E-state index contributed by atoms with van der Waals surface area (Å²) >= 11 is 1.24. The third kappa shape index (κ3) is 6.56. The van der Waals surface area contributed by atoms with E-state index in [2.05, 4.69) is 25.3 Å². The number of sulfonamides is 1. The van der Waals surface area contributed by atoms with E-state index in [0.29, 0.717) is 28.8 Å². The molecule has 0 bridgehead atoms. The third-order valence-electron chi connectivity index (χ3n) is 5.07. The molecule has 1 amide bonds. The molecule has 36 heavy (non-hydrogen) atoms. The summed E-state index contributed by atoms with van der Waals surface area (Å²) in [5.74, 6) is 0.659. The molecule has 0 aliphatic rings. The lowest BCUT2D eigenvalue weighted by molar-refractivity contribution is -0.118. The van der Waals surface area contributed by atoms with Crippen LogP contribution in [0, 0.1) is 5.82 Å². The third-order valence-corrected chi connectivity index (χ3v) is 7.46. The maximum absolute atomic E-state index is 13.0. The monoisotopic (exact) mass is 530 g/mol. The number of thioether (sulfide) groups is 1. The highest BCUT2D eigenvalue weighted by molar-refractivity contribution is 7.99. The first-order chi connectivity index (χ1) is 17.3. The number of ether oxygens (including phenoxy) is 1. The molecule has 10 nitrogen and oxygen atoms in total. The van der Waals surface area contributed by atoms with Gasteiger partial charge in [0.05, 0.1) is 17.8 Å². The molecule has 2 N–H and O–H groups in total. The van der Waals surface area contributed by atoms with Crippen molar-refractivity contribution in [2.75, 3.05) is 19.4 Å². The lowest BCUT2D eigenvalue weighted by Gasteiger charge is -2.07. The van der Waals surface area contributed by atoms with E-state index >= 15 is 0 Å². The van der Waals surface area contributed by atoms with Crippen LogP contribution < -0.4 is 14.8 Å². The van der Waals surface area contributed by atoms with Crippen LogP contribution in [0.3, 0.4) is 0 Å². The van der Waals surface area contributed by atoms with Crippen molar-refractivity contribution in [3.05, 3.63) is 77.9 Å². The van der Waals surface area contributed by atoms with Crippen molar-refractivity contribution in [1.82, 2.24) is 29.9 Å². The van der Waals surface area contributed by atoms with Gasteiger partial charge < -0.3 is 10.1 Å². The van der Waals surface area contributed by atoms with E-state index in [0.717, 1.165) is 5.56 Å². The van der Waals surface area contributed by atoms with E-state index < -0.39 is 10.0 Å². The SMILES string of the molecule is COc1ccc(S(=O)(=O)NCCc2nnc3ccc(SCC(=O)NCc4ccc(F)cc4)nn23)cc1. The fraction of sp³-hybridized carbons (Fsp3) is 0.217. The molecular weight excluding hydrogens is 507 g/mol. The second kappa shape index (κ2) is 11.5. The second-order valence-electron chi connectivity index (χ2n) is 7.57. The number of fused-ring (bicyclic) bond motifs is 1. The predicted octanol–water partition coefficient (Wildman–Crippen LogP) is 2.20. The zero-order chi connectivity index (χ0) is 25.5. The standard InChI is InChI=1S/C23H23FN6O4S2/c1-34-18-6-8-19(9-7-18)36(32,33)26-13-12-21-28-27-20-10-11-23(29-30(20)21)35-15-22(31)25-14-16-2-4-17(24)5-3-16/h2-11,26H,12-15H2,1H3,(H,25,31). The maximum Gasteiger partial charge on any atom is 0.240 e. The number of carbonyl (C=O) groups excluding carboxylic acids is 1. The fourth-order valence-corrected chi connectivity index (χ4v) is 4.89. The lowest BCUT2D eigenvalue weighted by atomic mass is 10.2. The first-order valence-corrected chi connectivity index (χ1v) is 13.3. The first-order valence-electron chi connectivity index (χ1n) is 10.8. The van der Waals surface area contributed by atoms with E-state index in [4.69, 9.17) is 4.74 Å². The molecule has 188 valence electrons. The quantitative estimate of drug-likeness (QED) is 0.283. The molecule has 0 fully saturated rings. The van der Waals surface area contributed by atoms with Crippen molar-refractivity contribution in [3.63, 3.8) is 0 Å². The number of halogens is 1. The van der Waals surface area contributed by atoms with Gasteiger partial charge in [-0.3, -0.25) is 4.79 Å². The van der Waals surface area contributed by atoms with Crippen LogP contribution in [0.2, 0.25) is 0 Å². The van der Waals surface area contributed by atoms with Gasteiger partial charge in [-0.15, -0.1) is 10.2 Å². The van der Waals surface area contributed by atoms with Crippen molar-refractivity contribution in [3.8, 4) is 5.75 Å². The van der Waals surface area contributed by atoms with Crippen molar-refractivity contribution in [2.45, 2.75) is 22.9 Å². The van der Waals surface area contributed by atoms with Gasteiger partial charge in [-0.1, -0.05) is 23.9 Å². The molecule has 4 rings (SSSR count). The summed E-state index contributed by atoms with van der Waals surface area (Å²) in [6, 6.07) is 15.5. The molecule has 2 aromatic heterocycles. The average molecular weight is 531 g/mol.